The van der Waals surface area contributed by atoms with Gasteiger partial charge in [-0.05, 0) is 31.5 Å². The molecule has 0 aromatic heterocycles. The van der Waals surface area contributed by atoms with Crippen LogP contribution < -0.4 is 10.1 Å². The average Bonchev–Trinajstić information content (AvgIpc) is 2.83. The van der Waals surface area contributed by atoms with Crippen LogP contribution in [0.2, 0.25) is 5.02 Å². The fraction of sp³-hybridized carbons (Fsp3) is 0.611. The van der Waals surface area contributed by atoms with Crippen molar-refractivity contribution < 1.29 is 14.3 Å². The summed E-state index contributed by atoms with van der Waals surface area (Å²) < 4.78 is 11.1. The third-order valence-electron chi connectivity index (χ3n) is 4.64. The predicted molar refractivity (Wildman–Crippen MR) is 97.2 cm³/mol. The number of hydrogen-bond acceptors (Lipinski definition) is 4. The summed E-state index contributed by atoms with van der Waals surface area (Å²) in [7, 11) is 0. The smallest absolute Gasteiger partial charge is 0.318 e. The van der Waals surface area contributed by atoms with Gasteiger partial charge in [0.15, 0.2) is 0 Å². The molecule has 2 aliphatic rings. The molecule has 3 rings (SSSR count). The Morgan fingerprint density at radius 3 is 2.88 bits per heavy atom. The molecule has 2 heterocycles. The summed E-state index contributed by atoms with van der Waals surface area (Å²) in [6.07, 6.45) is 0.929. The van der Waals surface area contributed by atoms with Crippen molar-refractivity contribution in [2.24, 2.45) is 0 Å². The summed E-state index contributed by atoms with van der Waals surface area (Å²) >= 11 is 6.07. The molecular formula is C18H26ClN3O3. The zero-order valence-corrected chi connectivity index (χ0v) is 15.4. The number of hydrogen-bond donors (Lipinski definition) is 1. The number of amides is 2. The quantitative estimate of drug-likeness (QED) is 0.887. The fourth-order valence-electron chi connectivity index (χ4n) is 3.11. The minimum Gasteiger partial charge on any atom is -0.491 e. The van der Waals surface area contributed by atoms with E-state index in [-0.39, 0.29) is 12.1 Å². The van der Waals surface area contributed by atoms with Gasteiger partial charge in [0.25, 0.3) is 0 Å². The minimum atomic E-state index is -0.0501. The van der Waals surface area contributed by atoms with E-state index in [1.54, 1.807) is 4.90 Å². The Hall–Kier alpha value is -1.50. The lowest BCUT2D eigenvalue weighted by molar-refractivity contribution is 0.0364. The van der Waals surface area contributed by atoms with Crippen molar-refractivity contribution in [3.63, 3.8) is 0 Å². The monoisotopic (exact) mass is 367 g/mol. The van der Waals surface area contributed by atoms with Crippen molar-refractivity contribution in [1.82, 2.24) is 15.1 Å². The lowest BCUT2D eigenvalue weighted by Crippen LogP contribution is -2.46. The van der Waals surface area contributed by atoms with Gasteiger partial charge >= 0.3 is 6.03 Å². The van der Waals surface area contributed by atoms with Crippen LogP contribution >= 0.6 is 11.6 Å². The molecule has 1 unspecified atom stereocenters. The number of nitrogens with zero attached hydrogens (tertiary/aromatic N) is 2. The van der Waals surface area contributed by atoms with E-state index < -0.39 is 0 Å². The third-order valence-corrected chi connectivity index (χ3v) is 4.88. The zero-order valence-electron chi connectivity index (χ0n) is 14.7. The number of rotatable bonds is 4. The molecule has 6 nitrogen and oxygen atoms in total. The Balaban J connectivity index is 1.50. The van der Waals surface area contributed by atoms with Crippen LogP contribution in [0.5, 0.6) is 5.75 Å². The highest BCUT2D eigenvalue weighted by atomic mass is 35.5. The number of fused-ring (bicyclic) bond motifs is 1. The van der Waals surface area contributed by atoms with Crippen LogP contribution in [0.4, 0.5) is 4.79 Å². The van der Waals surface area contributed by atoms with Gasteiger partial charge in [-0.1, -0.05) is 11.6 Å². The Morgan fingerprint density at radius 1 is 1.28 bits per heavy atom. The average molecular weight is 368 g/mol. The van der Waals surface area contributed by atoms with E-state index in [4.69, 9.17) is 21.1 Å². The Bertz CT molecular complexity index is 593. The summed E-state index contributed by atoms with van der Waals surface area (Å²) in [6.45, 7) is 8.15. The molecule has 0 aliphatic carbocycles. The molecule has 2 aliphatic heterocycles. The molecule has 1 aromatic rings. The van der Waals surface area contributed by atoms with Gasteiger partial charge in [-0.25, -0.2) is 4.79 Å². The highest BCUT2D eigenvalue weighted by Gasteiger charge is 2.21. The SMILES string of the molecule is CC(CCN1CCOCC1)NC(=O)N1CCOc2ccc(Cl)cc2C1. The lowest BCUT2D eigenvalue weighted by atomic mass is 10.2. The Kier molecular flexibility index (Phi) is 6.39. The van der Waals surface area contributed by atoms with E-state index >= 15 is 0 Å². The van der Waals surface area contributed by atoms with Crippen LogP contribution in [0, 0.1) is 0 Å². The third kappa shape index (κ3) is 5.23. The minimum absolute atomic E-state index is 0.0501. The predicted octanol–water partition coefficient (Wildman–Crippen LogP) is 2.35. The molecule has 0 saturated carbocycles. The van der Waals surface area contributed by atoms with Gasteiger partial charge < -0.3 is 19.7 Å². The molecule has 25 heavy (non-hydrogen) atoms. The molecule has 1 saturated heterocycles. The molecular weight excluding hydrogens is 342 g/mol. The zero-order chi connectivity index (χ0) is 17.6. The maximum absolute atomic E-state index is 12.6. The second-order valence-electron chi connectivity index (χ2n) is 6.62. The summed E-state index contributed by atoms with van der Waals surface area (Å²) in [5, 5.41) is 3.76. The van der Waals surface area contributed by atoms with Crippen molar-refractivity contribution in [2.45, 2.75) is 25.9 Å². The van der Waals surface area contributed by atoms with Crippen molar-refractivity contribution in [2.75, 3.05) is 46.0 Å². The standard InChI is InChI=1S/C18H26ClN3O3/c1-14(4-5-21-6-9-24-10-7-21)20-18(23)22-8-11-25-17-3-2-16(19)12-15(17)13-22/h2-3,12,14H,4-11,13H2,1H3,(H,20,23). The van der Waals surface area contributed by atoms with Crippen LogP contribution in [0.1, 0.15) is 18.9 Å². The van der Waals surface area contributed by atoms with E-state index in [9.17, 15) is 4.79 Å². The molecule has 1 fully saturated rings. The normalized spacial score (nSPS) is 19.5. The van der Waals surface area contributed by atoms with Crippen LogP contribution in [-0.2, 0) is 11.3 Å². The first kappa shape index (κ1) is 18.3. The topological polar surface area (TPSA) is 54.0 Å². The summed E-state index contributed by atoms with van der Waals surface area (Å²) in [4.78, 5) is 16.8. The van der Waals surface area contributed by atoms with Crippen LogP contribution in [0.3, 0.4) is 0 Å². The van der Waals surface area contributed by atoms with Gasteiger partial charge in [-0.15, -0.1) is 0 Å². The van der Waals surface area contributed by atoms with E-state index in [1.165, 1.54) is 0 Å². The van der Waals surface area contributed by atoms with Crippen LogP contribution in [0.15, 0.2) is 18.2 Å². The molecule has 1 atom stereocenters. The number of nitrogens with one attached hydrogen (secondary N) is 1. The highest BCUT2D eigenvalue weighted by Crippen LogP contribution is 2.26. The van der Waals surface area contributed by atoms with Gasteiger partial charge in [0.05, 0.1) is 26.3 Å². The fourth-order valence-corrected chi connectivity index (χ4v) is 3.31. The molecule has 1 aromatic carbocycles. The number of carbonyl (C=O) groups is 1. The van der Waals surface area contributed by atoms with Crippen molar-refractivity contribution in [3.8, 4) is 5.75 Å². The number of urea groups is 1. The largest absolute Gasteiger partial charge is 0.491 e. The van der Waals surface area contributed by atoms with Gasteiger partial charge in [0.2, 0.25) is 0 Å². The maximum atomic E-state index is 12.6. The summed E-state index contributed by atoms with van der Waals surface area (Å²) in [5.41, 5.74) is 0.945. The van der Waals surface area contributed by atoms with Crippen molar-refractivity contribution in [3.05, 3.63) is 28.8 Å². The van der Waals surface area contributed by atoms with E-state index in [2.05, 4.69) is 17.1 Å². The summed E-state index contributed by atoms with van der Waals surface area (Å²) in [6, 6.07) is 5.61. The first-order valence-corrected chi connectivity index (χ1v) is 9.26. The molecule has 0 bridgehead atoms. The Morgan fingerprint density at radius 2 is 2.08 bits per heavy atom. The first-order chi connectivity index (χ1) is 12.1. The number of ether oxygens (including phenoxy) is 2. The van der Waals surface area contributed by atoms with Gasteiger partial charge in [0, 0.05) is 36.3 Å². The van der Waals surface area contributed by atoms with Crippen LogP contribution in [0.25, 0.3) is 0 Å². The second-order valence-corrected chi connectivity index (χ2v) is 7.05. The van der Waals surface area contributed by atoms with Crippen molar-refractivity contribution in [1.29, 1.82) is 0 Å². The van der Waals surface area contributed by atoms with Crippen LogP contribution in [-0.4, -0.2) is 67.9 Å². The van der Waals surface area contributed by atoms with Gasteiger partial charge in [0.1, 0.15) is 12.4 Å². The number of carbonyl (C=O) groups excluding carboxylic acids is 1. The highest BCUT2D eigenvalue weighted by molar-refractivity contribution is 6.30. The Labute approximate surface area is 154 Å². The molecule has 0 spiro atoms. The number of benzene rings is 1. The number of morpholine rings is 1. The lowest BCUT2D eigenvalue weighted by Gasteiger charge is -2.28. The van der Waals surface area contributed by atoms with Crippen molar-refractivity contribution >= 4 is 17.6 Å². The maximum Gasteiger partial charge on any atom is 0.318 e. The molecule has 7 heteroatoms. The number of halogens is 1. The van der Waals surface area contributed by atoms with E-state index in [0.717, 1.165) is 50.6 Å². The molecule has 0 radical (unpaired) electrons. The first-order valence-electron chi connectivity index (χ1n) is 8.88. The van der Waals surface area contributed by atoms with Gasteiger partial charge in [-0.2, -0.15) is 0 Å². The molecule has 2 amide bonds. The second kappa shape index (κ2) is 8.74. The summed E-state index contributed by atoms with van der Waals surface area (Å²) in [5.74, 6) is 0.806. The van der Waals surface area contributed by atoms with E-state index in [1.807, 2.05) is 18.2 Å². The molecule has 138 valence electrons. The van der Waals surface area contributed by atoms with E-state index in [0.29, 0.717) is 24.7 Å². The molecule has 1 N–H and O–H groups in total. The van der Waals surface area contributed by atoms with Gasteiger partial charge in [-0.3, -0.25) is 4.90 Å².